The van der Waals surface area contributed by atoms with E-state index >= 15 is 0 Å². The van der Waals surface area contributed by atoms with Gasteiger partial charge in [0.25, 0.3) is 0 Å². The molecule has 1 unspecified atom stereocenters. The smallest absolute Gasteiger partial charge is 0.238 e. The van der Waals surface area contributed by atoms with Gasteiger partial charge in [-0.15, -0.1) is 0 Å². The van der Waals surface area contributed by atoms with Crippen molar-refractivity contribution < 1.29 is 4.79 Å². The predicted molar refractivity (Wildman–Crippen MR) is 68.9 cm³/mol. The van der Waals surface area contributed by atoms with Gasteiger partial charge < -0.3 is 10.6 Å². The molecule has 0 bridgehead atoms. The summed E-state index contributed by atoms with van der Waals surface area (Å²) in [6, 6.07) is -0.0503. The number of amides is 1. The number of aromatic nitrogens is 2. The Morgan fingerprint density at radius 3 is 3.18 bits per heavy atom. The molecule has 2 heterocycles. The van der Waals surface area contributed by atoms with E-state index in [0.717, 1.165) is 29.3 Å². The van der Waals surface area contributed by atoms with E-state index in [-0.39, 0.29) is 11.9 Å². The van der Waals surface area contributed by atoms with E-state index in [1.165, 1.54) is 0 Å². The molecule has 1 atom stereocenters. The van der Waals surface area contributed by atoms with Crippen LogP contribution in [0.15, 0.2) is 6.20 Å². The average molecular weight is 254 g/mol. The lowest BCUT2D eigenvalue weighted by atomic mass is 10.2. The van der Waals surface area contributed by atoms with Gasteiger partial charge in [0.05, 0.1) is 11.7 Å². The molecule has 0 spiro atoms. The number of rotatable bonds is 3. The van der Waals surface area contributed by atoms with Crippen molar-refractivity contribution >= 4 is 17.7 Å². The monoisotopic (exact) mass is 254 g/mol. The molecular weight excluding hydrogens is 236 g/mol. The fourth-order valence-corrected chi connectivity index (χ4v) is 2.80. The number of thioether (sulfide) groups is 1. The van der Waals surface area contributed by atoms with Gasteiger partial charge in [0.2, 0.25) is 5.91 Å². The zero-order valence-electron chi connectivity index (χ0n) is 10.2. The lowest BCUT2D eigenvalue weighted by Crippen LogP contribution is -2.48. The van der Waals surface area contributed by atoms with Crippen molar-refractivity contribution in [1.29, 1.82) is 0 Å². The molecule has 5 nitrogen and oxygen atoms in total. The molecule has 0 radical (unpaired) electrons. The lowest BCUT2D eigenvalue weighted by molar-refractivity contribution is -0.122. The van der Waals surface area contributed by atoms with Crippen molar-refractivity contribution in [2.24, 2.45) is 7.05 Å². The molecule has 1 aromatic rings. The second-order valence-corrected chi connectivity index (χ2v) is 5.36. The summed E-state index contributed by atoms with van der Waals surface area (Å²) in [7, 11) is 1.89. The second-order valence-electron chi connectivity index (χ2n) is 4.21. The average Bonchev–Trinajstić information content (AvgIpc) is 2.66. The van der Waals surface area contributed by atoms with Gasteiger partial charge in [-0.1, -0.05) is 0 Å². The van der Waals surface area contributed by atoms with Crippen LogP contribution < -0.4 is 10.6 Å². The first-order chi connectivity index (χ1) is 8.16. The van der Waals surface area contributed by atoms with Crippen LogP contribution in [-0.2, 0) is 18.4 Å². The van der Waals surface area contributed by atoms with Crippen LogP contribution in [0.4, 0.5) is 0 Å². The van der Waals surface area contributed by atoms with Crippen LogP contribution in [0.5, 0.6) is 0 Å². The van der Waals surface area contributed by atoms with Crippen molar-refractivity contribution in [2.75, 3.05) is 18.1 Å². The Morgan fingerprint density at radius 2 is 2.59 bits per heavy atom. The van der Waals surface area contributed by atoms with Crippen molar-refractivity contribution in [1.82, 2.24) is 20.4 Å². The fourth-order valence-electron chi connectivity index (χ4n) is 1.86. The normalized spacial score (nSPS) is 20.2. The molecule has 17 heavy (non-hydrogen) atoms. The molecule has 0 aliphatic carbocycles. The summed E-state index contributed by atoms with van der Waals surface area (Å²) in [5, 5.41) is 10.4. The first kappa shape index (κ1) is 12.4. The highest BCUT2D eigenvalue weighted by Gasteiger charge is 2.20. The number of carbonyl (C=O) groups excluding carboxylic acids is 1. The van der Waals surface area contributed by atoms with Crippen LogP contribution in [0, 0.1) is 6.92 Å². The minimum atomic E-state index is -0.0503. The summed E-state index contributed by atoms with van der Waals surface area (Å²) in [6.07, 6.45) is 1.94. The van der Waals surface area contributed by atoms with E-state index < -0.39 is 0 Å². The number of nitrogens with one attached hydrogen (secondary N) is 2. The van der Waals surface area contributed by atoms with Crippen molar-refractivity contribution in [3.05, 3.63) is 17.5 Å². The highest BCUT2D eigenvalue weighted by molar-refractivity contribution is 7.99. The molecule has 2 N–H and O–H groups in total. The van der Waals surface area contributed by atoms with Crippen LogP contribution >= 0.6 is 11.8 Å². The zero-order chi connectivity index (χ0) is 12.3. The highest BCUT2D eigenvalue weighted by Crippen LogP contribution is 2.08. The summed E-state index contributed by atoms with van der Waals surface area (Å²) in [5.41, 5.74) is 2.04. The maximum absolute atomic E-state index is 11.9. The summed E-state index contributed by atoms with van der Waals surface area (Å²) in [5.74, 6) is 2.03. The summed E-state index contributed by atoms with van der Waals surface area (Å²) in [6.45, 7) is 3.42. The van der Waals surface area contributed by atoms with E-state index in [2.05, 4.69) is 15.7 Å². The predicted octanol–water partition coefficient (Wildman–Crippen LogP) is 0.0497. The molecule has 6 heteroatoms. The van der Waals surface area contributed by atoms with E-state index in [4.69, 9.17) is 0 Å². The SMILES string of the molecule is Cc1nn(C)cc1CNC(=O)C1CSCCN1. The van der Waals surface area contributed by atoms with Crippen molar-refractivity contribution in [3.63, 3.8) is 0 Å². The Balaban J connectivity index is 1.85. The fraction of sp³-hybridized carbons (Fsp3) is 0.636. The Labute approximate surface area is 105 Å². The maximum Gasteiger partial charge on any atom is 0.238 e. The molecule has 1 saturated heterocycles. The van der Waals surface area contributed by atoms with E-state index in [1.807, 2.05) is 31.9 Å². The number of carbonyl (C=O) groups is 1. The third-order valence-electron chi connectivity index (χ3n) is 2.81. The maximum atomic E-state index is 11.9. The molecule has 0 aromatic carbocycles. The number of hydrogen-bond donors (Lipinski definition) is 2. The van der Waals surface area contributed by atoms with Gasteiger partial charge in [0.15, 0.2) is 0 Å². The molecular formula is C11H18N4OS. The van der Waals surface area contributed by atoms with Crippen LogP contribution in [0.1, 0.15) is 11.3 Å². The van der Waals surface area contributed by atoms with Crippen LogP contribution in [0.25, 0.3) is 0 Å². The largest absolute Gasteiger partial charge is 0.351 e. The van der Waals surface area contributed by atoms with Gasteiger partial charge >= 0.3 is 0 Å². The van der Waals surface area contributed by atoms with Crippen LogP contribution in [-0.4, -0.2) is 39.8 Å². The van der Waals surface area contributed by atoms with Crippen molar-refractivity contribution in [2.45, 2.75) is 19.5 Å². The minimum absolute atomic E-state index is 0.0503. The van der Waals surface area contributed by atoms with Gasteiger partial charge in [-0.25, -0.2) is 0 Å². The quantitative estimate of drug-likeness (QED) is 0.800. The first-order valence-corrected chi connectivity index (χ1v) is 6.90. The van der Waals surface area contributed by atoms with Gasteiger partial charge in [0.1, 0.15) is 0 Å². The molecule has 1 aliphatic rings. The Morgan fingerprint density at radius 1 is 1.76 bits per heavy atom. The standard InChI is InChI=1S/C11H18N4OS/c1-8-9(6-15(2)14-8)5-13-11(16)10-7-17-4-3-12-10/h6,10,12H,3-5,7H2,1-2H3,(H,13,16). The minimum Gasteiger partial charge on any atom is -0.351 e. The molecule has 0 saturated carbocycles. The molecule has 1 aromatic heterocycles. The highest BCUT2D eigenvalue weighted by atomic mass is 32.2. The van der Waals surface area contributed by atoms with Gasteiger partial charge in [-0.05, 0) is 6.92 Å². The molecule has 1 aliphatic heterocycles. The van der Waals surface area contributed by atoms with Crippen LogP contribution in [0.3, 0.4) is 0 Å². The summed E-state index contributed by atoms with van der Waals surface area (Å²) >= 11 is 1.82. The van der Waals surface area contributed by atoms with E-state index in [0.29, 0.717) is 6.54 Å². The lowest BCUT2D eigenvalue weighted by Gasteiger charge is -2.22. The Bertz CT molecular complexity index is 398. The van der Waals surface area contributed by atoms with Crippen molar-refractivity contribution in [3.8, 4) is 0 Å². The van der Waals surface area contributed by atoms with Gasteiger partial charge in [-0.2, -0.15) is 16.9 Å². The molecule has 1 amide bonds. The number of hydrogen-bond acceptors (Lipinski definition) is 4. The van der Waals surface area contributed by atoms with Crippen LogP contribution in [0.2, 0.25) is 0 Å². The number of nitrogens with zero attached hydrogens (tertiary/aromatic N) is 2. The number of aryl methyl sites for hydroxylation is 2. The van der Waals surface area contributed by atoms with Gasteiger partial charge in [-0.3, -0.25) is 9.48 Å². The summed E-state index contributed by atoms with van der Waals surface area (Å²) in [4.78, 5) is 11.9. The second kappa shape index (κ2) is 5.55. The molecule has 94 valence electrons. The van der Waals surface area contributed by atoms with E-state index in [9.17, 15) is 4.79 Å². The third-order valence-corrected chi connectivity index (χ3v) is 3.87. The van der Waals surface area contributed by atoms with E-state index in [1.54, 1.807) is 4.68 Å². The zero-order valence-corrected chi connectivity index (χ0v) is 11.0. The first-order valence-electron chi connectivity index (χ1n) is 5.75. The molecule has 2 rings (SSSR count). The summed E-state index contributed by atoms with van der Waals surface area (Å²) < 4.78 is 1.77. The van der Waals surface area contributed by atoms with Gasteiger partial charge in [0, 0.05) is 43.4 Å². The Hall–Kier alpha value is -1.01. The molecule has 1 fully saturated rings. The third kappa shape index (κ3) is 3.23. The Kier molecular flexibility index (Phi) is 4.06. The topological polar surface area (TPSA) is 59.0 Å².